The van der Waals surface area contributed by atoms with Crippen LogP contribution in [0.25, 0.3) is 0 Å². The number of hydrogen-bond acceptors (Lipinski definition) is 4. The zero-order valence-corrected chi connectivity index (χ0v) is 13.1. The Morgan fingerprint density at radius 3 is 2.52 bits per heavy atom. The van der Waals surface area contributed by atoms with Crippen LogP contribution in [0.5, 0.6) is 5.75 Å². The monoisotopic (exact) mass is 294 g/mol. The lowest BCUT2D eigenvalue weighted by atomic mass is 10.1. The van der Waals surface area contributed by atoms with Crippen LogP contribution in [-0.2, 0) is 16.1 Å². The predicted octanol–water partition coefficient (Wildman–Crippen LogP) is 1.70. The van der Waals surface area contributed by atoms with Gasteiger partial charge in [-0.15, -0.1) is 0 Å². The van der Waals surface area contributed by atoms with Crippen LogP contribution >= 0.6 is 0 Å². The predicted molar refractivity (Wildman–Crippen MR) is 83.1 cm³/mol. The minimum Gasteiger partial charge on any atom is -0.497 e. The molecule has 0 aliphatic carbocycles. The molecule has 1 atom stereocenters. The van der Waals surface area contributed by atoms with Gasteiger partial charge < -0.3 is 20.5 Å². The van der Waals surface area contributed by atoms with Gasteiger partial charge in [0.2, 0.25) is 5.91 Å². The van der Waals surface area contributed by atoms with E-state index < -0.39 is 6.04 Å². The molecule has 0 aromatic heterocycles. The summed E-state index contributed by atoms with van der Waals surface area (Å²) < 4.78 is 10.7. The van der Waals surface area contributed by atoms with Crippen molar-refractivity contribution >= 4 is 5.91 Å². The minimum atomic E-state index is -0.440. The summed E-state index contributed by atoms with van der Waals surface area (Å²) in [7, 11) is 1.64. The number of amides is 1. The number of nitrogens with two attached hydrogens (primary N) is 1. The van der Waals surface area contributed by atoms with Crippen molar-refractivity contribution in [1.29, 1.82) is 0 Å². The highest BCUT2D eigenvalue weighted by Gasteiger charge is 2.15. The molecule has 0 spiro atoms. The van der Waals surface area contributed by atoms with Gasteiger partial charge in [0, 0.05) is 13.2 Å². The lowest BCUT2D eigenvalue weighted by Crippen LogP contribution is -2.44. The van der Waals surface area contributed by atoms with Crippen LogP contribution in [0.15, 0.2) is 24.3 Å². The van der Waals surface area contributed by atoms with Crippen LogP contribution in [0, 0.1) is 5.92 Å². The molecular weight excluding hydrogens is 268 g/mol. The highest BCUT2D eigenvalue weighted by Crippen LogP contribution is 2.11. The molecule has 0 saturated heterocycles. The van der Waals surface area contributed by atoms with E-state index in [0.29, 0.717) is 19.8 Å². The normalized spacial score (nSPS) is 12.2. The first-order chi connectivity index (χ1) is 10.0. The Kier molecular flexibility index (Phi) is 7.79. The molecule has 1 aromatic rings. The Bertz CT molecular complexity index is 418. The first-order valence-electron chi connectivity index (χ1n) is 7.28. The molecule has 0 unspecified atom stereocenters. The summed E-state index contributed by atoms with van der Waals surface area (Å²) in [5.74, 6) is 0.888. The fourth-order valence-corrected chi connectivity index (χ4v) is 1.72. The van der Waals surface area contributed by atoms with Crippen LogP contribution in [-0.4, -0.2) is 32.2 Å². The Hall–Kier alpha value is -1.59. The molecule has 5 heteroatoms. The van der Waals surface area contributed by atoms with E-state index in [1.165, 1.54) is 0 Å². The number of carbonyl (C=O) groups excluding carboxylic acids is 1. The molecule has 0 heterocycles. The number of ether oxygens (including phenoxy) is 2. The van der Waals surface area contributed by atoms with Gasteiger partial charge in [-0.3, -0.25) is 4.79 Å². The summed E-state index contributed by atoms with van der Waals surface area (Å²) in [5, 5.41) is 2.82. The smallest absolute Gasteiger partial charge is 0.237 e. The topological polar surface area (TPSA) is 73.6 Å². The number of benzene rings is 1. The Balaban J connectivity index is 2.10. The van der Waals surface area contributed by atoms with E-state index in [9.17, 15) is 4.79 Å². The number of rotatable bonds is 9. The van der Waals surface area contributed by atoms with Crippen LogP contribution < -0.4 is 15.8 Å². The van der Waals surface area contributed by atoms with Crippen molar-refractivity contribution in [2.45, 2.75) is 32.9 Å². The lowest BCUT2D eigenvalue weighted by molar-refractivity contribution is -0.123. The maximum atomic E-state index is 11.6. The molecular formula is C16H26N2O3. The Morgan fingerprint density at radius 2 is 1.95 bits per heavy atom. The molecule has 0 radical (unpaired) electrons. The summed E-state index contributed by atoms with van der Waals surface area (Å²) in [6, 6.07) is 7.33. The molecule has 3 N–H and O–H groups in total. The van der Waals surface area contributed by atoms with E-state index in [0.717, 1.165) is 17.7 Å². The molecule has 0 aliphatic heterocycles. The summed E-state index contributed by atoms with van der Waals surface area (Å²) >= 11 is 0. The van der Waals surface area contributed by atoms with Crippen LogP contribution in [0.4, 0.5) is 0 Å². The standard InChI is InChI=1S/C16H26N2O3/c1-12(2)15(17)16(19)18-9-4-10-21-11-13-5-7-14(20-3)8-6-13/h5-8,12,15H,4,9-11,17H2,1-3H3,(H,18,19)/t15-/m0/s1. The van der Waals surface area contributed by atoms with E-state index in [4.69, 9.17) is 15.2 Å². The van der Waals surface area contributed by atoms with Gasteiger partial charge in [0.1, 0.15) is 5.75 Å². The second-order valence-corrected chi connectivity index (χ2v) is 5.32. The molecule has 1 rings (SSSR count). The summed E-state index contributed by atoms with van der Waals surface area (Å²) in [6.45, 7) is 5.61. The summed E-state index contributed by atoms with van der Waals surface area (Å²) in [5.41, 5.74) is 6.85. The van der Waals surface area contributed by atoms with E-state index in [1.54, 1.807) is 7.11 Å². The summed E-state index contributed by atoms with van der Waals surface area (Å²) in [4.78, 5) is 11.6. The average molecular weight is 294 g/mol. The zero-order valence-electron chi connectivity index (χ0n) is 13.1. The van der Waals surface area contributed by atoms with Crippen molar-refractivity contribution < 1.29 is 14.3 Å². The third kappa shape index (κ3) is 6.60. The van der Waals surface area contributed by atoms with Gasteiger partial charge in [0.25, 0.3) is 0 Å². The third-order valence-electron chi connectivity index (χ3n) is 3.21. The SMILES string of the molecule is COc1ccc(COCCCNC(=O)[C@@H](N)C(C)C)cc1. The maximum Gasteiger partial charge on any atom is 0.237 e. The van der Waals surface area contributed by atoms with Crippen LogP contribution in [0.1, 0.15) is 25.8 Å². The van der Waals surface area contributed by atoms with Crippen molar-refractivity contribution in [3.8, 4) is 5.75 Å². The van der Waals surface area contributed by atoms with E-state index in [2.05, 4.69) is 5.32 Å². The molecule has 0 bridgehead atoms. The molecule has 0 saturated carbocycles. The van der Waals surface area contributed by atoms with Crippen molar-refractivity contribution in [3.63, 3.8) is 0 Å². The van der Waals surface area contributed by atoms with E-state index in [1.807, 2.05) is 38.1 Å². The van der Waals surface area contributed by atoms with E-state index in [-0.39, 0.29) is 11.8 Å². The second-order valence-electron chi connectivity index (χ2n) is 5.32. The van der Waals surface area contributed by atoms with E-state index >= 15 is 0 Å². The lowest BCUT2D eigenvalue weighted by Gasteiger charge is -2.15. The largest absolute Gasteiger partial charge is 0.497 e. The van der Waals surface area contributed by atoms with Crippen LogP contribution in [0.3, 0.4) is 0 Å². The number of carbonyl (C=O) groups is 1. The van der Waals surface area contributed by atoms with Crippen LogP contribution in [0.2, 0.25) is 0 Å². The Morgan fingerprint density at radius 1 is 1.29 bits per heavy atom. The molecule has 1 amide bonds. The van der Waals surface area contributed by atoms with Gasteiger partial charge in [0.05, 0.1) is 19.8 Å². The van der Waals surface area contributed by atoms with Gasteiger partial charge in [-0.05, 0) is 30.0 Å². The van der Waals surface area contributed by atoms with Crippen molar-refractivity contribution in [2.75, 3.05) is 20.3 Å². The van der Waals surface area contributed by atoms with Gasteiger partial charge in [-0.25, -0.2) is 0 Å². The second kappa shape index (κ2) is 9.37. The van der Waals surface area contributed by atoms with Gasteiger partial charge >= 0.3 is 0 Å². The third-order valence-corrected chi connectivity index (χ3v) is 3.21. The highest BCUT2D eigenvalue weighted by molar-refractivity contribution is 5.81. The Labute approximate surface area is 126 Å². The quantitative estimate of drug-likeness (QED) is 0.680. The number of methoxy groups -OCH3 is 1. The first-order valence-corrected chi connectivity index (χ1v) is 7.28. The van der Waals surface area contributed by atoms with Gasteiger partial charge in [0.15, 0.2) is 0 Å². The molecule has 118 valence electrons. The minimum absolute atomic E-state index is 0.0971. The fraction of sp³-hybridized carbons (Fsp3) is 0.562. The number of nitrogens with one attached hydrogen (secondary N) is 1. The zero-order chi connectivity index (χ0) is 15.7. The van der Waals surface area contributed by atoms with Gasteiger partial charge in [-0.1, -0.05) is 26.0 Å². The van der Waals surface area contributed by atoms with Crippen molar-refractivity contribution in [3.05, 3.63) is 29.8 Å². The maximum absolute atomic E-state index is 11.6. The molecule has 0 fully saturated rings. The van der Waals surface area contributed by atoms with Crippen molar-refractivity contribution in [1.82, 2.24) is 5.32 Å². The molecule has 21 heavy (non-hydrogen) atoms. The van der Waals surface area contributed by atoms with Crippen molar-refractivity contribution in [2.24, 2.45) is 11.7 Å². The molecule has 0 aliphatic rings. The fourth-order valence-electron chi connectivity index (χ4n) is 1.72. The summed E-state index contributed by atoms with van der Waals surface area (Å²) in [6.07, 6.45) is 0.771. The first kappa shape index (κ1) is 17.5. The molecule has 1 aromatic carbocycles. The molecule has 5 nitrogen and oxygen atoms in total. The highest BCUT2D eigenvalue weighted by atomic mass is 16.5. The number of hydrogen-bond donors (Lipinski definition) is 2. The van der Waals surface area contributed by atoms with Gasteiger partial charge in [-0.2, -0.15) is 0 Å². The average Bonchev–Trinajstić information content (AvgIpc) is 2.50.